The highest BCUT2D eigenvalue weighted by Gasteiger charge is 2.44. The lowest BCUT2D eigenvalue weighted by Gasteiger charge is -2.28. The molecule has 2 unspecified atom stereocenters. The number of carbonyl (C=O) groups excluding carboxylic acids is 1. The van der Waals surface area contributed by atoms with Crippen LogP contribution in [-0.2, 0) is 9.53 Å². The Morgan fingerprint density at radius 1 is 1.09 bits per heavy atom. The lowest BCUT2D eigenvalue weighted by Crippen LogP contribution is -2.33. The standard InChI is InChI=1S/C24H24ClN3O6/c1-3-34-24(29)22-19(14-13-18(25)16-9-5-4-6-10-16)26-15(2)23(28(32)33)21(22)17-11-7-8-12-20(17)27(30)31/h4-12,18,21,26H,3,13-14H2,1-2H3. The van der Waals surface area contributed by atoms with E-state index in [0.29, 0.717) is 12.1 Å². The van der Waals surface area contributed by atoms with Gasteiger partial charge in [-0.2, -0.15) is 0 Å². The number of ether oxygens (including phenoxy) is 1. The molecular weight excluding hydrogens is 462 g/mol. The van der Waals surface area contributed by atoms with Crippen molar-refractivity contribution in [3.63, 3.8) is 0 Å². The second-order valence-electron chi connectivity index (χ2n) is 7.67. The maximum atomic E-state index is 13.1. The van der Waals surface area contributed by atoms with Crippen LogP contribution in [0.1, 0.15) is 49.1 Å². The molecule has 0 fully saturated rings. The summed E-state index contributed by atoms with van der Waals surface area (Å²) in [6.07, 6.45) is 0.693. The van der Waals surface area contributed by atoms with Crippen LogP contribution in [0, 0.1) is 20.2 Å². The summed E-state index contributed by atoms with van der Waals surface area (Å²) < 4.78 is 5.23. The fraction of sp³-hybridized carbons (Fsp3) is 0.292. The second kappa shape index (κ2) is 10.9. The van der Waals surface area contributed by atoms with Crippen LogP contribution in [-0.4, -0.2) is 22.4 Å². The lowest BCUT2D eigenvalue weighted by atomic mass is 9.82. The van der Waals surface area contributed by atoms with Crippen LogP contribution < -0.4 is 5.32 Å². The minimum atomic E-state index is -1.28. The van der Waals surface area contributed by atoms with Gasteiger partial charge >= 0.3 is 5.97 Å². The van der Waals surface area contributed by atoms with Crippen molar-refractivity contribution in [2.75, 3.05) is 6.61 Å². The summed E-state index contributed by atoms with van der Waals surface area (Å²) in [6.45, 7) is 3.17. The lowest BCUT2D eigenvalue weighted by molar-refractivity contribution is -0.431. The van der Waals surface area contributed by atoms with Crippen LogP contribution in [0.3, 0.4) is 0 Å². The van der Waals surface area contributed by atoms with Gasteiger partial charge in [0.05, 0.1) is 33.1 Å². The number of allylic oxidation sites excluding steroid dienone is 3. The first-order valence-electron chi connectivity index (χ1n) is 10.7. The Hall–Kier alpha value is -3.72. The number of hydrogen-bond acceptors (Lipinski definition) is 7. The van der Waals surface area contributed by atoms with Crippen molar-refractivity contribution in [1.29, 1.82) is 0 Å². The minimum Gasteiger partial charge on any atom is -0.463 e. The number of nitrogens with one attached hydrogen (secondary N) is 1. The van der Waals surface area contributed by atoms with Gasteiger partial charge in [-0.25, -0.2) is 4.79 Å². The number of halogens is 1. The highest BCUT2D eigenvalue weighted by atomic mass is 35.5. The highest BCUT2D eigenvalue weighted by Crippen LogP contribution is 2.43. The smallest absolute Gasteiger partial charge is 0.337 e. The van der Waals surface area contributed by atoms with Crippen molar-refractivity contribution in [2.24, 2.45) is 0 Å². The summed E-state index contributed by atoms with van der Waals surface area (Å²) in [7, 11) is 0. The number of nitro benzene ring substituents is 1. The molecule has 1 heterocycles. The largest absolute Gasteiger partial charge is 0.463 e. The Kier molecular flexibility index (Phi) is 8.01. The van der Waals surface area contributed by atoms with Crippen molar-refractivity contribution < 1.29 is 19.4 Å². The van der Waals surface area contributed by atoms with Gasteiger partial charge in [0, 0.05) is 17.3 Å². The first-order valence-corrected chi connectivity index (χ1v) is 11.1. The highest BCUT2D eigenvalue weighted by molar-refractivity contribution is 6.20. The summed E-state index contributed by atoms with van der Waals surface area (Å²) in [4.78, 5) is 35.7. The molecule has 0 spiro atoms. The molecule has 2 aromatic rings. The van der Waals surface area contributed by atoms with Crippen molar-refractivity contribution in [2.45, 2.75) is 38.0 Å². The quantitative estimate of drug-likeness (QED) is 0.219. The second-order valence-corrected chi connectivity index (χ2v) is 8.20. The van der Waals surface area contributed by atoms with Crippen LogP contribution in [0.2, 0.25) is 0 Å². The zero-order chi connectivity index (χ0) is 24.8. The van der Waals surface area contributed by atoms with Crippen LogP contribution in [0.5, 0.6) is 0 Å². The molecule has 0 bridgehead atoms. The summed E-state index contributed by atoms with van der Waals surface area (Å²) in [5.74, 6) is -2.05. The van der Waals surface area contributed by atoms with Gasteiger partial charge in [-0.05, 0) is 32.3 Å². The van der Waals surface area contributed by atoms with E-state index in [4.69, 9.17) is 16.3 Å². The van der Waals surface area contributed by atoms with Gasteiger partial charge in [-0.15, -0.1) is 11.6 Å². The molecule has 2 aromatic carbocycles. The maximum absolute atomic E-state index is 13.1. The topological polar surface area (TPSA) is 125 Å². The van der Waals surface area contributed by atoms with Crippen LogP contribution in [0.4, 0.5) is 5.69 Å². The summed E-state index contributed by atoms with van der Waals surface area (Å²) in [6, 6.07) is 15.1. The SMILES string of the molecule is CCOC(=O)C1=C(CCC(Cl)c2ccccc2)NC(C)=C([N+](=O)[O-])C1c1ccccc1[N+](=O)[O-]. The normalized spacial score (nSPS) is 16.6. The van der Waals surface area contributed by atoms with E-state index in [9.17, 15) is 25.0 Å². The van der Waals surface area contributed by atoms with Crippen molar-refractivity contribution in [3.05, 3.63) is 109 Å². The van der Waals surface area contributed by atoms with E-state index < -0.39 is 21.7 Å². The number of rotatable bonds is 9. The number of carbonyl (C=O) groups is 1. The van der Waals surface area contributed by atoms with Gasteiger partial charge in [0.2, 0.25) is 0 Å². The average molecular weight is 486 g/mol. The van der Waals surface area contributed by atoms with Gasteiger partial charge in [0.1, 0.15) is 5.92 Å². The Labute approximate surface area is 201 Å². The van der Waals surface area contributed by atoms with Gasteiger partial charge in [0.15, 0.2) is 0 Å². The van der Waals surface area contributed by atoms with Gasteiger partial charge in [0.25, 0.3) is 11.4 Å². The molecule has 178 valence electrons. The summed E-state index contributed by atoms with van der Waals surface area (Å²) in [5.41, 5.74) is 0.852. The number of dihydropyridines is 1. The fourth-order valence-electron chi connectivity index (χ4n) is 4.07. The first kappa shape index (κ1) is 24.9. The minimum absolute atomic E-state index is 0.0228. The Morgan fingerprint density at radius 2 is 1.74 bits per heavy atom. The predicted octanol–water partition coefficient (Wildman–Crippen LogP) is 5.37. The number of nitrogens with zero attached hydrogens (tertiary/aromatic N) is 2. The van der Waals surface area contributed by atoms with Crippen molar-refractivity contribution in [3.8, 4) is 0 Å². The number of nitro groups is 2. The fourth-order valence-corrected chi connectivity index (χ4v) is 4.33. The van der Waals surface area contributed by atoms with E-state index in [1.54, 1.807) is 13.0 Å². The van der Waals surface area contributed by atoms with Gasteiger partial charge in [-0.1, -0.05) is 48.5 Å². The summed E-state index contributed by atoms with van der Waals surface area (Å²) in [5, 5.41) is 26.4. The van der Waals surface area contributed by atoms with Gasteiger partial charge in [-0.3, -0.25) is 20.2 Å². The van der Waals surface area contributed by atoms with E-state index in [-0.39, 0.29) is 46.6 Å². The first-order chi connectivity index (χ1) is 16.3. The molecule has 0 amide bonds. The maximum Gasteiger partial charge on any atom is 0.337 e. The van der Waals surface area contributed by atoms with Crippen molar-refractivity contribution >= 4 is 23.3 Å². The molecule has 1 aliphatic heterocycles. The number of hydrogen-bond donors (Lipinski definition) is 1. The Balaban J connectivity index is 2.13. The molecule has 0 aromatic heterocycles. The van der Waals surface area contributed by atoms with E-state index in [2.05, 4.69) is 5.32 Å². The summed E-state index contributed by atoms with van der Waals surface area (Å²) >= 11 is 6.57. The zero-order valence-electron chi connectivity index (χ0n) is 18.7. The molecule has 1 N–H and O–H groups in total. The molecule has 10 heteroatoms. The molecule has 0 aliphatic carbocycles. The predicted molar refractivity (Wildman–Crippen MR) is 127 cm³/mol. The molecule has 0 saturated carbocycles. The van der Waals surface area contributed by atoms with E-state index in [0.717, 1.165) is 5.56 Å². The molecular formula is C24H24ClN3O6. The number of para-hydroxylation sites is 1. The zero-order valence-corrected chi connectivity index (χ0v) is 19.4. The Morgan fingerprint density at radius 3 is 2.35 bits per heavy atom. The molecule has 0 radical (unpaired) electrons. The molecule has 1 aliphatic rings. The molecule has 2 atom stereocenters. The van der Waals surface area contributed by atoms with E-state index in [1.165, 1.54) is 25.1 Å². The molecule has 0 saturated heterocycles. The van der Waals surface area contributed by atoms with Crippen LogP contribution in [0.25, 0.3) is 0 Å². The average Bonchev–Trinajstić information content (AvgIpc) is 2.82. The molecule has 3 rings (SSSR count). The van der Waals surface area contributed by atoms with Crippen LogP contribution in [0.15, 0.2) is 77.3 Å². The molecule has 9 nitrogen and oxygen atoms in total. The van der Waals surface area contributed by atoms with Crippen LogP contribution >= 0.6 is 11.6 Å². The number of alkyl halides is 1. The Bertz CT molecular complexity index is 1160. The van der Waals surface area contributed by atoms with E-state index >= 15 is 0 Å². The van der Waals surface area contributed by atoms with E-state index in [1.807, 2.05) is 30.3 Å². The third-order valence-electron chi connectivity index (χ3n) is 5.56. The van der Waals surface area contributed by atoms with Gasteiger partial charge < -0.3 is 10.1 Å². The number of esters is 1. The third kappa shape index (κ3) is 5.26. The molecule has 34 heavy (non-hydrogen) atoms. The van der Waals surface area contributed by atoms with Crippen molar-refractivity contribution in [1.82, 2.24) is 5.32 Å². The third-order valence-corrected chi connectivity index (χ3v) is 6.03. The monoisotopic (exact) mass is 485 g/mol. The number of benzene rings is 2.